The zero-order chi connectivity index (χ0) is 26.9. The maximum absolute atomic E-state index is 11.8. The summed E-state index contributed by atoms with van der Waals surface area (Å²) in [6.07, 6.45) is 10.1. The van der Waals surface area contributed by atoms with Gasteiger partial charge >= 0.3 is 5.97 Å². The van der Waals surface area contributed by atoms with Crippen molar-refractivity contribution in [1.29, 1.82) is 0 Å². The quantitative estimate of drug-likeness (QED) is 0.311. The van der Waals surface area contributed by atoms with Crippen molar-refractivity contribution in [2.75, 3.05) is 0 Å². The molecule has 36 heavy (non-hydrogen) atoms. The summed E-state index contributed by atoms with van der Waals surface area (Å²) in [6, 6.07) is 0. The van der Waals surface area contributed by atoms with Crippen molar-refractivity contribution < 1.29 is 19.7 Å². The van der Waals surface area contributed by atoms with Gasteiger partial charge in [-0.05, 0) is 101 Å². The summed E-state index contributed by atoms with van der Waals surface area (Å²) in [5.74, 6) is 0.177. The molecule has 4 heteroatoms. The van der Waals surface area contributed by atoms with Gasteiger partial charge in [-0.1, -0.05) is 57.4 Å². The van der Waals surface area contributed by atoms with Gasteiger partial charge < -0.3 is 14.9 Å². The molecule has 0 saturated heterocycles. The predicted octanol–water partition coefficient (Wildman–Crippen LogP) is 7.14. The van der Waals surface area contributed by atoms with Crippen LogP contribution >= 0.6 is 0 Å². The zero-order valence-electron chi connectivity index (χ0n) is 24.5. The van der Waals surface area contributed by atoms with Gasteiger partial charge in [-0.2, -0.15) is 0 Å². The Morgan fingerprint density at radius 3 is 2.33 bits per heavy atom. The number of esters is 1. The minimum absolute atomic E-state index is 0.0201. The second-order valence-electron chi connectivity index (χ2n) is 14.6. The highest BCUT2D eigenvalue weighted by Gasteiger charge is 2.67. The molecule has 8 atom stereocenters. The summed E-state index contributed by atoms with van der Waals surface area (Å²) < 4.78 is 5.83. The van der Waals surface area contributed by atoms with Crippen LogP contribution in [-0.2, 0) is 9.53 Å². The molecule has 4 aliphatic carbocycles. The van der Waals surface area contributed by atoms with Crippen LogP contribution in [-0.4, -0.2) is 34.0 Å². The molecule has 0 aromatic heterocycles. The van der Waals surface area contributed by atoms with Crippen LogP contribution in [0.4, 0.5) is 0 Å². The Morgan fingerprint density at radius 2 is 1.72 bits per heavy atom. The van der Waals surface area contributed by atoms with Gasteiger partial charge in [0.05, 0.1) is 11.7 Å². The molecule has 0 heterocycles. The van der Waals surface area contributed by atoms with Gasteiger partial charge in [-0.15, -0.1) is 0 Å². The number of aliphatic hydroxyl groups excluding tert-OH is 1. The fraction of sp³-hybridized carbons (Fsp3) is 0.844. The van der Waals surface area contributed by atoms with Crippen LogP contribution < -0.4 is 0 Å². The summed E-state index contributed by atoms with van der Waals surface area (Å²) >= 11 is 0. The molecule has 0 radical (unpaired) electrons. The molecule has 4 nitrogen and oxygen atoms in total. The van der Waals surface area contributed by atoms with Crippen LogP contribution in [0.1, 0.15) is 120 Å². The van der Waals surface area contributed by atoms with Crippen LogP contribution in [0.5, 0.6) is 0 Å². The Labute approximate surface area is 220 Å². The van der Waals surface area contributed by atoms with Crippen molar-refractivity contribution in [3.05, 3.63) is 22.8 Å². The fourth-order valence-corrected chi connectivity index (χ4v) is 10.0. The molecule has 8 unspecified atom stereocenters. The summed E-state index contributed by atoms with van der Waals surface area (Å²) in [4.78, 5) is 11.8. The van der Waals surface area contributed by atoms with E-state index in [1.807, 2.05) is 6.92 Å². The Hall–Kier alpha value is -1.13. The molecule has 4 rings (SSSR count). The lowest BCUT2D eigenvalue weighted by molar-refractivity contribution is -0.167. The topological polar surface area (TPSA) is 66.8 Å². The summed E-state index contributed by atoms with van der Waals surface area (Å²) in [5, 5.41) is 23.3. The largest absolute Gasteiger partial charge is 0.462 e. The first-order valence-corrected chi connectivity index (χ1v) is 14.4. The summed E-state index contributed by atoms with van der Waals surface area (Å²) in [7, 11) is 0. The monoisotopic (exact) mass is 500 g/mol. The van der Waals surface area contributed by atoms with Gasteiger partial charge in [0.15, 0.2) is 0 Å². The van der Waals surface area contributed by atoms with Crippen molar-refractivity contribution in [3.63, 3.8) is 0 Å². The van der Waals surface area contributed by atoms with Crippen molar-refractivity contribution in [1.82, 2.24) is 0 Å². The smallest absolute Gasteiger partial charge is 0.302 e. The van der Waals surface area contributed by atoms with E-state index in [1.54, 1.807) is 11.1 Å². The molecule has 0 aromatic rings. The minimum Gasteiger partial charge on any atom is -0.462 e. The minimum atomic E-state index is -0.902. The number of aliphatic hydroxyl groups is 2. The van der Waals surface area contributed by atoms with Crippen LogP contribution in [0.25, 0.3) is 0 Å². The van der Waals surface area contributed by atoms with E-state index in [-0.39, 0.29) is 39.7 Å². The van der Waals surface area contributed by atoms with Crippen molar-refractivity contribution in [2.24, 2.45) is 33.5 Å². The lowest BCUT2D eigenvalue weighted by Gasteiger charge is -2.62. The van der Waals surface area contributed by atoms with E-state index in [9.17, 15) is 15.0 Å². The third kappa shape index (κ3) is 4.04. The number of fused-ring (bicyclic) bond motifs is 4. The van der Waals surface area contributed by atoms with Crippen LogP contribution in [0.3, 0.4) is 0 Å². The normalized spacial score (nSPS) is 43.1. The second-order valence-corrected chi connectivity index (χ2v) is 14.6. The first-order chi connectivity index (χ1) is 16.5. The standard InChI is InChI=1S/C32H52O4/c1-20(2)11-10-16-32(9,35)27-24(34)19-31(8)23-12-13-25-28(4,5)26(36-21(3)33)15-17-29(25,6)22(23)14-18-30(27,31)7/h11,24-27,34-35H,10,12-19H2,1-9H3. The van der Waals surface area contributed by atoms with Crippen molar-refractivity contribution in [2.45, 2.75) is 138 Å². The molecule has 2 N–H and O–H groups in total. The van der Waals surface area contributed by atoms with Crippen LogP contribution in [0.15, 0.2) is 22.8 Å². The number of hydrogen-bond acceptors (Lipinski definition) is 4. The van der Waals surface area contributed by atoms with E-state index in [4.69, 9.17) is 4.74 Å². The van der Waals surface area contributed by atoms with Crippen molar-refractivity contribution in [3.8, 4) is 0 Å². The third-order valence-corrected chi connectivity index (χ3v) is 11.9. The highest BCUT2D eigenvalue weighted by molar-refractivity contribution is 5.66. The number of allylic oxidation sites excluding steroid dienone is 4. The van der Waals surface area contributed by atoms with Gasteiger partial charge in [0, 0.05) is 18.3 Å². The van der Waals surface area contributed by atoms with E-state index in [1.165, 1.54) is 12.5 Å². The van der Waals surface area contributed by atoms with E-state index < -0.39 is 11.7 Å². The zero-order valence-corrected chi connectivity index (χ0v) is 24.5. The Balaban J connectivity index is 1.70. The van der Waals surface area contributed by atoms with E-state index >= 15 is 0 Å². The SMILES string of the molecule is CC(=O)OC1CCC2(C)C3=C(CCC2C1(C)C)C1(C)CC(O)C(C(C)(O)CCC=C(C)C)C1(C)CC3. The Kier molecular flexibility index (Phi) is 6.95. The highest BCUT2D eigenvalue weighted by atomic mass is 16.5. The molecule has 2 fully saturated rings. The number of carbonyl (C=O) groups excluding carboxylic acids is 1. The van der Waals surface area contributed by atoms with Gasteiger partial charge in [0.2, 0.25) is 0 Å². The molecule has 0 amide bonds. The molecule has 4 aliphatic rings. The molecule has 0 aliphatic heterocycles. The van der Waals surface area contributed by atoms with E-state index in [0.717, 1.165) is 51.4 Å². The summed E-state index contributed by atoms with van der Waals surface area (Å²) in [6.45, 7) is 19.6. The predicted molar refractivity (Wildman–Crippen MR) is 145 cm³/mol. The van der Waals surface area contributed by atoms with Gasteiger partial charge in [-0.25, -0.2) is 0 Å². The van der Waals surface area contributed by atoms with Gasteiger partial charge in [0.25, 0.3) is 0 Å². The van der Waals surface area contributed by atoms with Crippen LogP contribution in [0, 0.1) is 33.5 Å². The number of carbonyl (C=O) groups is 1. The molecule has 0 aromatic carbocycles. The lowest BCUT2D eigenvalue weighted by Crippen LogP contribution is -2.56. The maximum Gasteiger partial charge on any atom is 0.302 e. The number of rotatable bonds is 5. The van der Waals surface area contributed by atoms with Crippen molar-refractivity contribution >= 4 is 5.97 Å². The number of ether oxygens (including phenoxy) is 1. The second kappa shape index (κ2) is 8.97. The Bertz CT molecular complexity index is 953. The molecule has 0 bridgehead atoms. The molecular weight excluding hydrogens is 448 g/mol. The lowest BCUT2D eigenvalue weighted by atomic mass is 9.43. The number of hydrogen-bond donors (Lipinski definition) is 2. The average molecular weight is 501 g/mol. The fourth-order valence-electron chi connectivity index (χ4n) is 10.0. The van der Waals surface area contributed by atoms with Gasteiger partial charge in [-0.3, -0.25) is 4.79 Å². The maximum atomic E-state index is 11.8. The van der Waals surface area contributed by atoms with E-state index in [2.05, 4.69) is 54.5 Å². The molecular formula is C32H52O4. The van der Waals surface area contributed by atoms with Crippen LogP contribution in [0.2, 0.25) is 0 Å². The molecule has 204 valence electrons. The molecule has 0 spiro atoms. The molecule has 2 saturated carbocycles. The third-order valence-electron chi connectivity index (χ3n) is 11.9. The highest BCUT2D eigenvalue weighted by Crippen LogP contribution is 2.72. The Morgan fingerprint density at radius 1 is 1.06 bits per heavy atom. The summed E-state index contributed by atoms with van der Waals surface area (Å²) in [5.41, 5.74) is 3.39. The van der Waals surface area contributed by atoms with E-state index in [0.29, 0.717) is 12.3 Å². The first kappa shape index (κ1) is 27.9. The van der Waals surface area contributed by atoms with Gasteiger partial charge in [0.1, 0.15) is 6.10 Å². The average Bonchev–Trinajstić information content (AvgIpc) is 2.95. The first-order valence-electron chi connectivity index (χ1n) is 14.4.